The molecule has 26 heavy (non-hydrogen) atoms. The minimum atomic E-state index is -0.355. The van der Waals surface area contributed by atoms with Crippen LogP contribution < -0.4 is 15.0 Å². The fourth-order valence-electron chi connectivity index (χ4n) is 3.08. The molecular weight excluding hydrogens is 396 g/mol. The summed E-state index contributed by atoms with van der Waals surface area (Å²) < 4.78 is 6.21. The van der Waals surface area contributed by atoms with Crippen LogP contribution in [0.2, 0.25) is 0 Å². The van der Waals surface area contributed by atoms with E-state index in [0.29, 0.717) is 12.3 Å². The third kappa shape index (κ3) is 4.07. The van der Waals surface area contributed by atoms with Crippen LogP contribution in [0, 0.1) is 5.92 Å². The molecule has 3 rings (SSSR count). The number of halogens is 1. The van der Waals surface area contributed by atoms with E-state index >= 15 is 0 Å². The molecule has 1 saturated heterocycles. The summed E-state index contributed by atoms with van der Waals surface area (Å²) in [6.45, 7) is 2.32. The van der Waals surface area contributed by atoms with Crippen LogP contribution >= 0.6 is 15.9 Å². The van der Waals surface area contributed by atoms with Crippen molar-refractivity contribution < 1.29 is 14.3 Å². The Hall–Kier alpha value is -2.34. The summed E-state index contributed by atoms with van der Waals surface area (Å²) >= 11 is 3.41. The molecule has 0 saturated carbocycles. The SMILES string of the molecule is COc1cccc(N2C[C@H](C(=O)N[C@@H](C)c3ccc(Br)cc3)CC2=O)c1. The number of benzene rings is 2. The minimum Gasteiger partial charge on any atom is -0.497 e. The molecule has 6 heteroatoms. The summed E-state index contributed by atoms with van der Waals surface area (Å²) in [5, 5.41) is 3.01. The van der Waals surface area contributed by atoms with Gasteiger partial charge in [-0.1, -0.05) is 34.1 Å². The molecule has 5 nitrogen and oxygen atoms in total. The van der Waals surface area contributed by atoms with Crippen molar-refractivity contribution in [1.29, 1.82) is 0 Å². The Balaban J connectivity index is 1.65. The van der Waals surface area contributed by atoms with Gasteiger partial charge >= 0.3 is 0 Å². The largest absolute Gasteiger partial charge is 0.497 e. The zero-order valence-electron chi connectivity index (χ0n) is 14.7. The average molecular weight is 417 g/mol. The molecule has 1 aliphatic heterocycles. The lowest BCUT2D eigenvalue weighted by atomic mass is 10.1. The van der Waals surface area contributed by atoms with E-state index in [1.54, 1.807) is 12.0 Å². The normalized spacial score (nSPS) is 17.9. The van der Waals surface area contributed by atoms with Crippen LogP contribution in [-0.4, -0.2) is 25.5 Å². The molecule has 2 atom stereocenters. The predicted molar refractivity (Wildman–Crippen MR) is 104 cm³/mol. The van der Waals surface area contributed by atoms with Crippen molar-refractivity contribution in [1.82, 2.24) is 5.32 Å². The maximum absolute atomic E-state index is 12.6. The molecule has 0 radical (unpaired) electrons. The van der Waals surface area contributed by atoms with Gasteiger partial charge in [0, 0.05) is 29.2 Å². The lowest BCUT2D eigenvalue weighted by Crippen LogP contribution is -2.34. The van der Waals surface area contributed by atoms with Gasteiger partial charge in [0.05, 0.1) is 19.1 Å². The maximum atomic E-state index is 12.6. The molecule has 0 aliphatic carbocycles. The van der Waals surface area contributed by atoms with E-state index in [9.17, 15) is 9.59 Å². The second-order valence-corrected chi connectivity index (χ2v) is 7.30. The fourth-order valence-corrected chi connectivity index (χ4v) is 3.34. The fraction of sp³-hybridized carbons (Fsp3) is 0.300. The van der Waals surface area contributed by atoms with Gasteiger partial charge in [0.2, 0.25) is 11.8 Å². The zero-order chi connectivity index (χ0) is 18.7. The molecule has 0 aromatic heterocycles. The van der Waals surface area contributed by atoms with Crippen molar-refractivity contribution in [2.75, 3.05) is 18.6 Å². The van der Waals surface area contributed by atoms with Crippen LogP contribution in [0.5, 0.6) is 5.75 Å². The van der Waals surface area contributed by atoms with E-state index < -0.39 is 0 Å². The standard InChI is InChI=1S/C20H21BrN2O3/c1-13(14-6-8-16(21)9-7-14)22-20(25)15-10-19(24)23(12-15)17-4-3-5-18(11-17)26-2/h3-9,11,13,15H,10,12H2,1-2H3,(H,22,25)/t13-,15+/m0/s1. The molecule has 2 aromatic rings. The highest BCUT2D eigenvalue weighted by atomic mass is 79.9. The molecule has 2 amide bonds. The highest BCUT2D eigenvalue weighted by molar-refractivity contribution is 9.10. The van der Waals surface area contributed by atoms with Gasteiger partial charge in [0.1, 0.15) is 5.75 Å². The molecule has 1 fully saturated rings. The molecule has 0 bridgehead atoms. The number of carbonyl (C=O) groups is 2. The van der Waals surface area contributed by atoms with Crippen molar-refractivity contribution in [3.8, 4) is 5.75 Å². The summed E-state index contributed by atoms with van der Waals surface area (Å²) in [7, 11) is 1.59. The monoisotopic (exact) mass is 416 g/mol. The number of hydrogen-bond acceptors (Lipinski definition) is 3. The summed E-state index contributed by atoms with van der Waals surface area (Å²) in [6.07, 6.45) is 0.218. The Labute approximate surface area is 161 Å². The van der Waals surface area contributed by atoms with E-state index in [1.807, 2.05) is 55.5 Å². The van der Waals surface area contributed by atoms with Crippen molar-refractivity contribution >= 4 is 33.4 Å². The first kappa shape index (κ1) is 18.5. The second kappa shape index (κ2) is 7.91. The van der Waals surface area contributed by atoms with Gasteiger partial charge in [0.15, 0.2) is 0 Å². The molecule has 0 spiro atoms. The number of anilines is 1. The Bertz CT molecular complexity index is 807. The summed E-state index contributed by atoms with van der Waals surface area (Å²) in [5.74, 6) is 0.188. The van der Waals surface area contributed by atoms with Gasteiger partial charge in [0.25, 0.3) is 0 Å². The van der Waals surface area contributed by atoms with Gasteiger partial charge in [-0.05, 0) is 36.8 Å². The van der Waals surface area contributed by atoms with E-state index in [-0.39, 0.29) is 30.2 Å². The van der Waals surface area contributed by atoms with Crippen LogP contribution in [0.15, 0.2) is 53.0 Å². The Kier molecular flexibility index (Phi) is 5.61. The van der Waals surface area contributed by atoms with Gasteiger partial charge < -0.3 is 15.0 Å². The van der Waals surface area contributed by atoms with Gasteiger partial charge in [-0.3, -0.25) is 9.59 Å². The van der Waals surface area contributed by atoms with Crippen LogP contribution in [0.4, 0.5) is 5.69 Å². The number of ether oxygens (including phenoxy) is 1. The lowest BCUT2D eigenvalue weighted by molar-refractivity contribution is -0.126. The van der Waals surface area contributed by atoms with Crippen LogP contribution in [0.1, 0.15) is 24.9 Å². The van der Waals surface area contributed by atoms with Crippen molar-refractivity contribution in [2.45, 2.75) is 19.4 Å². The Morgan fingerprint density at radius 2 is 2.00 bits per heavy atom. The van der Waals surface area contributed by atoms with Crippen LogP contribution in [-0.2, 0) is 9.59 Å². The maximum Gasteiger partial charge on any atom is 0.227 e. The second-order valence-electron chi connectivity index (χ2n) is 6.39. The van der Waals surface area contributed by atoms with E-state index in [1.165, 1.54) is 0 Å². The summed E-state index contributed by atoms with van der Waals surface area (Å²) in [4.78, 5) is 26.6. The quantitative estimate of drug-likeness (QED) is 0.808. The number of nitrogens with zero attached hydrogens (tertiary/aromatic N) is 1. The number of rotatable bonds is 5. The molecule has 1 aliphatic rings. The van der Waals surface area contributed by atoms with Gasteiger partial charge in [-0.25, -0.2) is 0 Å². The van der Waals surface area contributed by atoms with Crippen molar-refractivity contribution in [3.63, 3.8) is 0 Å². The number of methoxy groups -OCH3 is 1. The number of hydrogen-bond donors (Lipinski definition) is 1. The predicted octanol–water partition coefficient (Wildman–Crippen LogP) is 3.69. The van der Waals surface area contributed by atoms with E-state index in [0.717, 1.165) is 15.7 Å². The number of amides is 2. The molecule has 1 N–H and O–H groups in total. The van der Waals surface area contributed by atoms with Crippen LogP contribution in [0.25, 0.3) is 0 Å². The third-order valence-electron chi connectivity index (χ3n) is 4.59. The first-order valence-electron chi connectivity index (χ1n) is 8.48. The highest BCUT2D eigenvalue weighted by Crippen LogP contribution is 2.28. The van der Waals surface area contributed by atoms with Crippen molar-refractivity contribution in [2.24, 2.45) is 5.92 Å². The third-order valence-corrected chi connectivity index (χ3v) is 5.12. The average Bonchev–Trinajstić information content (AvgIpc) is 3.04. The van der Waals surface area contributed by atoms with Gasteiger partial charge in [-0.15, -0.1) is 0 Å². The molecule has 1 heterocycles. The molecule has 2 aromatic carbocycles. The van der Waals surface area contributed by atoms with Crippen molar-refractivity contribution in [3.05, 3.63) is 58.6 Å². The van der Waals surface area contributed by atoms with E-state index in [4.69, 9.17) is 4.74 Å². The summed E-state index contributed by atoms with van der Waals surface area (Å²) in [6, 6.07) is 15.0. The topological polar surface area (TPSA) is 58.6 Å². The van der Waals surface area contributed by atoms with E-state index in [2.05, 4.69) is 21.2 Å². The minimum absolute atomic E-state index is 0.0466. The lowest BCUT2D eigenvalue weighted by Gasteiger charge is -2.19. The number of carbonyl (C=O) groups excluding carboxylic acids is 2. The Morgan fingerprint density at radius 1 is 1.27 bits per heavy atom. The molecular formula is C20H21BrN2O3. The Morgan fingerprint density at radius 3 is 2.69 bits per heavy atom. The summed E-state index contributed by atoms with van der Waals surface area (Å²) in [5.41, 5.74) is 1.78. The zero-order valence-corrected chi connectivity index (χ0v) is 16.3. The smallest absolute Gasteiger partial charge is 0.227 e. The number of nitrogens with one attached hydrogen (secondary N) is 1. The molecule has 0 unspecified atom stereocenters. The first-order chi connectivity index (χ1) is 12.5. The molecule has 136 valence electrons. The van der Waals surface area contributed by atoms with Crippen LogP contribution in [0.3, 0.4) is 0 Å². The highest BCUT2D eigenvalue weighted by Gasteiger charge is 2.35. The first-order valence-corrected chi connectivity index (χ1v) is 9.27. The van der Waals surface area contributed by atoms with Gasteiger partial charge in [-0.2, -0.15) is 0 Å².